The summed E-state index contributed by atoms with van der Waals surface area (Å²) in [5.74, 6) is 0.450. The summed E-state index contributed by atoms with van der Waals surface area (Å²) in [6, 6.07) is 12.4. The zero-order valence-electron chi connectivity index (χ0n) is 10.4. The van der Waals surface area contributed by atoms with Crippen LogP contribution in [0.15, 0.2) is 48.5 Å². The molecule has 98 valence electrons. The highest BCUT2D eigenvalue weighted by Crippen LogP contribution is 2.14. The van der Waals surface area contributed by atoms with Crippen molar-refractivity contribution in [2.75, 3.05) is 13.7 Å². The Balaban J connectivity index is 1.97. The van der Waals surface area contributed by atoms with E-state index in [-0.39, 0.29) is 12.4 Å². The van der Waals surface area contributed by atoms with Gasteiger partial charge in [-0.15, -0.1) is 0 Å². The van der Waals surface area contributed by atoms with Gasteiger partial charge in [-0.25, -0.2) is 4.39 Å². The van der Waals surface area contributed by atoms with E-state index >= 15 is 0 Å². The number of ketones is 1. The molecule has 0 aliphatic rings. The first kappa shape index (κ1) is 13.1. The van der Waals surface area contributed by atoms with Gasteiger partial charge in [-0.3, -0.25) is 4.79 Å². The maximum Gasteiger partial charge on any atom is 0.200 e. The first-order chi connectivity index (χ1) is 9.19. The Bertz CT molecular complexity index is 564. The van der Waals surface area contributed by atoms with Crippen molar-refractivity contribution in [3.8, 4) is 11.5 Å². The van der Waals surface area contributed by atoms with E-state index in [4.69, 9.17) is 9.47 Å². The number of benzene rings is 2. The van der Waals surface area contributed by atoms with Gasteiger partial charge in [0.15, 0.2) is 12.4 Å². The second-order valence-corrected chi connectivity index (χ2v) is 3.90. The summed E-state index contributed by atoms with van der Waals surface area (Å²) in [5.41, 5.74) is 0.525. The van der Waals surface area contributed by atoms with E-state index in [2.05, 4.69) is 0 Å². The summed E-state index contributed by atoms with van der Waals surface area (Å²) < 4.78 is 23.2. The van der Waals surface area contributed by atoms with E-state index in [0.29, 0.717) is 17.1 Å². The van der Waals surface area contributed by atoms with E-state index in [0.717, 1.165) is 0 Å². The van der Waals surface area contributed by atoms with Gasteiger partial charge in [0.2, 0.25) is 0 Å². The molecular weight excluding hydrogens is 247 g/mol. The smallest absolute Gasteiger partial charge is 0.200 e. The third-order valence-corrected chi connectivity index (χ3v) is 2.58. The molecule has 4 heteroatoms. The largest absolute Gasteiger partial charge is 0.497 e. The van der Waals surface area contributed by atoms with Crippen LogP contribution in [0.2, 0.25) is 0 Å². The van der Waals surface area contributed by atoms with Crippen molar-refractivity contribution in [1.82, 2.24) is 0 Å². The maximum absolute atomic E-state index is 12.9. The Morgan fingerprint density at radius 1 is 1.11 bits per heavy atom. The van der Waals surface area contributed by atoms with E-state index in [1.165, 1.54) is 18.2 Å². The fraction of sp³-hybridized carbons (Fsp3) is 0.133. The molecule has 19 heavy (non-hydrogen) atoms. The van der Waals surface area contributed by atoms with Gasteiger partial charge in [-0.1, -0.05) is 6.07 Å². The summed E-state index contributed by atoms with van der Waals surface area (Å²) in [4.78, 5) is 11.8. The van der Waals surface area contributed by atoms with Crippen LogP contribution in [0.25, 0.3) is 0 Å². The number of carbonyl (C=O) groups excluding carboxylic acids is 1. The van der Waals surface area contributed by atoms with Gasteiger partial charge in [0.25, 0.3) is 0 Å². The normalized spacial score (nSPS) is 10.0. The zero-order chi connectivity index (χ0) is 13.7. The summed E-state index contributed by atoms with van der Waals surface area (Å²) in [6.07, 6.45) is 0. The van der Waals surface area contributed by atoms with E-state index in [1.54, 1.807) is 37.4 Å². The summed E-state index contributed by atoms with van der Waals surface area (Å²) in [5, 5.41) is 0. The number of rotatable bonds is 5. The third-order valence-electron chi connectivity index (χ3n) is 2.58. The minimum atomic E-state index is -0.394. The molecule has 0 fully saturated rings. The summed E-state index contributed by atoms with van der Waals surface area (Å²) in [7, 11) is 1.56. The molecule has 2 aromatic carbocycles. The van der Waals surface area contributed by atoms with Crippen LogP contribution in [0.3, 0.4) is 0 Å². The monoisotopic (exact) mass is 260 g/mol. The Morgan fingerprint density at radius 2 is 1.84 bits per heavy atom. The topological polar surface area (TPSA) is 35.5 Å². The molecule has 0 unspecified atom stereocenters. The van der Waals surface area contributed by atoms with Crippen molar-refractivity contribution in [1.29, 1.82) is 0 Å². The van der Waals surface area contributed by atoms with E-state index in [9.17, 15) is 9.18 Å². The first-order valence-electron chi connectivity index (χ1n) is 5.74. The highest BCUT2D eigenvalue weighted by Gasteiger charge is 2.07. The van der Waals surface area contributed by atoms with Crippen molar-refractivity contribution in [3.63, 3.8) is 0 Å². The number of ether oxygens (including phenoxy) is 2. The molecule has 2 aromatic rings. The number of halogens is 1. The Labute approximate surface area is 110 Å². The van der Waals surface area contributed by atoms with Crippen molar-refractivity contribution in [2.24, 2.45) is 0 Å². The van der Waals surface area contributed by atoms with Crippen LogP contribution in [0.5, 0.6) is 11.5 Å². The Hall–Kier alpha value is -2.36. The maximum atomic E-state index is 12.9. The number of methoxy groups -OCH3 is 1. The molecule has 0 saturated carbocycles. The second kappa shape index (κ2) is 6.00. The average Bonchev–Trinajstić information content (AvgIpc) is 2.45. The lowest BCUT2D eigenvalue weighted by Crippen LogP contribution is -2.11. The van der Waals surface area contributed by atoms with E-state index < -0.39 is 5.82 Å². The van der Waals surface area contributed by atoms with Gasteiger partial charge in [-0.05, 0) is 36.4 Å². The molecule has 0 aromatic heterocycles. The van der Waals surface area contributed by atoms with Gasteiger partial charge in [0, 0.05) is 11.6 Å². The first-order valence-corrected chi connectivity index (χ1v) is 5.74. The van der Waals surface area contributed by atoms with Crippen molar-refractivity contribution in [3.05, 3.63) is 59.9 Å². The molecule has 0 spiro atoms. The zero-order valence-corrected chi connectivity index (χ0v) is 10.4. The highest BCUT2D eigenvalue weighted by molar-refractivity contribution is 5.97. The van der Waals surface area contributed by atoms with E-state index in [1.807, 2.05) is 0 Å². The molecule has 0 atom stereocenters. The third kappa shape index (κ3) is 3.55. The molecule has 0 radical (unpaired) electrons. The summed E-state index contributed by atoms with van der Waals surface area (Å²) >= 11 is 0. The highest BCUT2D eigenvalue weighted by atomic mass is 19.1. The number of hydrogen-bond acceptors (Lipinski definition) is 3. The van der Waals surface area contributed by atoms with Gasteiger partial charge >= 0.3 is 0 Å². The lowest BCUT2D eigenvalue weighted by molar-refractivity contribution is 0.0921. The number of Topliss-reactive ketones (excluding diaryl/α,β-unsaturated/α-hetero) is 1. The van der Waals surface area contributed by atoms with Gasteiger partial charge in [0.1, 0.15) is 17.3 Å². The fourth-order valence-corrected chi connectivity index (χ4v) is 1.57. The minimum absolute atomic E-state index is 0.129. The van der Waals surface area contributed by atoms with Crippen LogP contribution < -0.4 is 9.47 Å². The van der Waals surface area contributed by atoms with Crippen molar-refractivity contribution >= 4 is 5.78 Å². The molecule has 0 heterocycles. The van der Waals surface area contributed by atoms with Crippen molar-refractivity contribution in [2.45, 2.75) is 0 Å². The van der Waals surface area contributed by atoms with Crippen molar-refractivity contribution < 1.29 is 18.7 Å². The lowest BCUT2D eigenvalue weighted by Gasteiger charge is -2.06. The quantitative estimate of drug-likeness (QED) is 0.775. The molecule has 0 N–H and O–H groups in total. The van der Waals surface area contributed by atoms with Crippen LogP contribution >= 0.6 is 0 Å². The van der Waals surface area contributed by atoms with Crippen LogP contribution in [-0.4, -0.2) is 19.5 Å². The van der Waals surface area contributed by atoms with Gasteiger partial charge in [-0.2, -0.15) is 0 Å². The minimum Gasteiger partial charge on any atom is -0.497 e. The molecule has 3 nitrogen and oxygen atoms in total. The van der Waals surface area contributed by atoms with Crippen LogP contribution in [0.1, 0.15) is 10.4 Å². The molecule has 0 aliphatic heterocycles. The Kier molecular flexibility index (Phi) is 4.13. The molecular formula is C15H13FO3. The Morgan fingerprint density at radius 3 is 2.47 bits per heavy atom. The SMILES string of the molecule is COc1ccc(C(=O)COc2cccc(F)c2)cc1. The molecule has 0 saturated heterocycles. The molecule has 0 bridgehead atoms. The van der Waals surface area contributed by atoms with Crippen LogP contribution in [-0.2, 0) is 0 Å². The van der Waals surface area contributed by atoms with Crippen LogP contribution in [0.4, 0.5) is 4.39 Å². The second-order valence-electron chi connectivity index (χ2n) is 3.90. The van der Waals surface area contributed by atoms with Crippen LogP contribution in [0, 0.1) is 5.82 Å². The fourth-order valence-electron chi connectivity index (χ4n) is 1.57. The van der Waals surface area contributed by atoms with Gasteiger partial charge < -0.3 is 9.47 Å². The number of hydrogen-bond donors (Lipinski definition) is 0. The molecule has 2 rings (SSSR count). The molecule has 0 amide bonds. The summed E-state index contributed by atoms with van der Waals surface area (Å²) in [6.45, 7) is -0.129. The average molecular weight is 260 g/mol. The standard InChI is InChI=1S/C15H13FO3/c1-18-13-7-5-11(6-8-13)15(17)10-19-14-4-2-3-12(16)9-14/h2-9H,10H2,1H3. The predicted molar refractivity (Wildman–Crippen MR) is 69.2 cm³/mol. The molecule has 0 aliphatic carbocycles. The number of carbonyl (C=O) groups is 1. The lowest BCUT2D eigenvalue weighted by atomic mass is 10.1. The van der Waals surface area contributed by atoms with Gasteiger partial charge in [0.05, 0.1) is 7.11 Å². The predicted octanol–water partition coefficient (Wildman–Crippen LogP) is 3.10.